The number of rotatable bonds is 0. The topological polar surface area (TPSA) is 142 Å². The molecule has 0 saturated carbocycles. The number of fused-ring (bicyclic) bond motifs is 4. The van der Waals surface area contributed by atoms with Gasteiger partial charge in [-0.1, -0.05) is 48.8 Å². The second kappa shape index (κ2) is 25.3. The molecule has 4 bridgehead atoms. The number of nitrogens with zero attached hydrogens (tertiary/aromatic N) is 9. The third-order valence-electron chi connectivity index (χ3n) is 3.19. The molecular formula is C21H18DyN9S3. The Morgan fingerprint density at radius 3 is 0.941 bits per heavy atom. The number of hydrogen-bond acceptors (Lipinski definition) is 9. The molecule has 2 aromatic rings. The number of aromatic nitrogens is 2. The average molecular weight is 655 g/mol. The van der Waals surface area contributed by atoms with Gasteiger partial charge in [-0.05, 0) is 24.3 Å². The standard InChI is InChI=1S/C18H18N6.3CNS.Dy/c1-3-15-11-19-7-9-21-13-17-5-2-6-18(24-17)14-22-10-8-20-12-16(4-1)23-15;3*2-1-3;/h1-6,11-14H,7-10H2;;;;/q;3*-1;+3. The van der Waals surface area contributed by atoms with Crippen molar-refractivity contribution in [3.05, 3.63) is 75.4 Å². The Labute approximate surface area is 244 Å². The number of thiocarbonyl (C=S) groups is 3. The van der Waals surface area contributed by atoms with E-state index in [-0.39, 0.29) is 38.2 Å². The summed E-state index contributed by atoms with van der Waals surface area (Å²) in [5, 5.41) is 25.4. The van der Waals surface area contributed by atoms with E-state index in [2.05, 4.69) is 66.6 Å². The molecule has 0 unspecified atom stereocenters. The van der Waals surface area contributed by atoms with Crippen molar-refractivity contribution < 1.29 is 38.2 Å². The molecule has 0 atom stereocenters. The summed E-state index contributed by atoms with van der Waals surface area (Å²) in [4.78, 5) is 26.3. The molecule has 3 rings (SSSR count). The fraction of sp³-hybridized carbons (Fsp3) is 0.190. The first-order valence-electron chi connectivity index (χ1n) is 9.12. The van der Waals surface area contributed by atoms with Gasteiger partial charge in [0.05, 0.1) is 49.0 Å². The van der Waals surface area contributed by atoms with Crippen LogP contribution in [0.15, 0.2) is 56.4 Å². The summed E-state index contributed by atoms with van der Waals surface area (Å²) < 4.78 is 0. The molecule has 0 aliphatic carbocycles. The van der Waals surface area contributed by atoms with Crippen molar-refractivity contribution in [2.45, 2.75) is 0 Å². The van der Waals surface area contributed by atoms with Gasteiger partial charge < -0.3 is 16.2 Å². The molecule has 1 aliphatic rings. The second-order valence-corrected chi connectivity index (χ2v) is 5.94. The summed E-state index contributed by atoms with van der Waals surface area (Å²) in [6.07, 6.45) is 7.05. The molecule has 0 spiro atoms. The third-order valence-corrected chi connectivity index (χ3v) is 3.19. The van der Waals surface area contributed by atoms with Crippen LogP contribution in [0.4, 0.5) is 0 Å². The van der Waals surface area contributed by atoms with E-state index in [0.717, 1.165) is 22.8 Å². The maximum atomic E-state index is 7.13. The zero-order valence-electron chi connectivity index (χ0n) is 17.7. The first-order valence-corrected chi connectivity index (χ1v) is 10.3. The Hall–Kier alpha value is -2.35. The Kier molecular flexibility index (Phi) is 25.1. The number of isothiocyanates is 3. The zero-order valence-corrected chi connectivity index (χ0v) is 22.1. The van der Waals surface area contributed by atoms with E-state index >= 15 is 0 Å². The van der Waals surface area contributed by atoms with Gasteiger partial charge in [-0.3, -0.25) is 20.0 Å². The van der Waals surface area contributed by atoms with Crippen LogP contribution in [0, 0.1) is 38.2 Å². The molecule has 0 amide bonds. The molecule has 175 valence electrons. The monoisotopic (exact) mass is 656 g/mol. The fourth-order valence-electron chi connectivity index (χ4n) is 2.09. The van der Waals surface area contributed by atoms with Gasteiger partial charge >= 0.3 is 38.2 Å². The fourth-order valence-corrected chi connectivity index (χ4v) is 2.09. The Balaban J connectivity index is 0. The Bertz CT molecular complexity index is 912. The van der Waals surface area contributed by atoms with Crippen LogP contribution >= 0.6 is 36.7 Å². The van der Waals surface area contributed by atoms with Gasteiger partial charge in [0, 0.05) is 24.9 Å². The molecule has 2 aromatic heterocycles. The van der Waals surface area contributed by atoms with Crippen LogP contribution in [0.1, 0.15) is 22.8 Å². The van der Waals surface area contributed by atoms with E-state index in [1.807, 2.05) is 36.4 Å². The van der Waals surface area contributed by atoms with Crippen LogP contribution in [0.5, 0.6) is 0 Å². The van der Waals surface area contributed by atoms with Crippen LogP contribution in [0.25, 0.3) is 16.2 Å². The van der Waals surface area contributed by atoms with Gasteiger partial charge in [-0.25, -0.2) is 9.97 Å². The molecule has 0 fully saturated rings. The van der Waals surface area contributed by atoms with Crippen molar-refractivity contribution in [2.24, 2.45) is 20.0 Å². The van der Waals surface area contributed by atoms with E-state index in [1.54, 1.807) is 24.9 Å². The normalized spacial score (nSPS) is 11.3. The Morgan fingerprint density at radius 1 is 0.529 bits per heavy atom. The summed E-state index contributed by atoms with van der Waals surface area (Å²) in [7, 11) is 0. The maximum absolute atomic E-state index is 7.13. The summed E-state index contributed by atoms with van der Waals surface area (Å²) >= 11 is 11.1. The molecule has 1 radical (unpaired) electrons. The average Bonchev–Trinajstić information content (AvgIpc) is 2.80. The minimum atomic E-state index is 0. The van der Waals surface area contributed by atoms with Crippen molar-refractivity contribution in [3.8, 4) is 0 Å². The molecule has 0 N–H and O–H groups in total. The van der Waals surface area contributed by atoms with Crippen LogP contribution in [0.3, 0.4) is 0 Å². The summed E-state index contributed by atoms with van der Waals surface area (Å²) in [5.74, 6) is 0. The molecule has 0 saturated heterocycles. The van der Waals surface area contributed by atoms with Crippen LogP contribution < -0.4 is 0 Å². The van der Waals surface area contributed by atoms with Gasteiger partial charge in [-0.15, -0.1) is 0 Å². The third kappa shape index (κ3) is 19.2. The van der Waals surface area contributed by atoms with Crippen molar-refractivity contribution in [1.29, 1.82) is 0 Å². The Morgan fingerprint density at radius 2 is 0.735 bits per heavy atom. The molecule has 0 aromatic carbocycles. The summed E-state index contributed by atoms with van der Waals surface area (Å²) in [6.45, 7) is 2.44. The van der Waals surface area contributed by atoms with Crippen LogP contribution in [-0.2, 0) is 0 Å². The second-order valence-electron chi connectivity index (χ2n) is 5.39. The summed E-state index contributed by atoms with van der Waals surface area (Å²) in [6, 6.07) is 11.6. The van der Waals surface area contributed by atoms with Crippen molar-refractivity contribution in [1.82, 2.24) is 9.97 Å². The number of pyridine rings is 2. The minimum absolute atomic E-state index is 0. The van der Waals surface area contributed by atoms with E-state index < -0.39 is 0 Å². The van der Waals surface area contributed by atoms with Crippen molar-refractivity contribution in [3.63, 3.8) is 0 Å². The van der Waals surface area contributed by atoms with E-state index in [9.17, 15) is 0 Å². The summed E-state index contributed by atoms with van der Waals surface area (Å²) in [5.41, 5.74) is 3.26. The molecule has 34 heavy (non-hydrogen) atoms. The van der Waals surface area contributed by atoms with E-state index in [4.69, 9.17) is 16.2 Å². The largest absolute Gasteiger partial charge is 3.00 e. The van der Waals surface area contributed by atoms with Gasteiger partial charge in [0.1, 0.15) is 0 Å². The zero-order chi connectivity index (χ0) is 24.6. The van der Waals surface area contributed by atoms with Gasteiger partial charge in [-0.2, -0.15) is 15.5 Å². The van der Waals surface area contributed by atoms with Crippen molar-refractivity contribution in [2.75, 3.05) is 26.2 Å². The number of aliphatic imine (C=N–C) groups is 4. The predicted octanol–water partition coefficient (Wildman–Crippen LogP) is 3.84. The van der Waals surface area contributed by atoms with E-state index in [0.29, 0.717) is 26.2 Å². The SMILES string of the molecule is C1=NCCN=Cc2cccc(n2)C=NCCN=Cc2cccc1n2.[Dy+3].[N-]=C=S.[N-]=C=S.[N-]=C=S. The molecule has 1 aliphatic heterocycles. The molecular weight excluding hydrogens is 637 g/mol. The molecule has 9 nitrogen and oxygen atoms in total. The first kappa shape index (κ1) is 33.8. The predicted molar refractivity (Wildman–Crippen MR) is 146 cm³/mol. The van der Waals surface area contributed by atoms with Gasteiger partial charge in [0.2, 0.25) is 0 Å². The van der Waals surface area contributed by atoms with Crippen LogP contribution in [-0.4, -0.2) is 76.5 Å². The van der Waals surface area contributed by atoms with Gasteiger partial charge in [0.15, 0.2) is 0 Å². The van der Waals surface area contributed by atoms with E-state index in [1.165, 1.54) is 15.5 Å². The van der Waals surface area contributed by atoms with Crippen LogP contribution in [0.2, 0.25) is 0 Å². The molecule has 13 heteroatoms. The van der Waals surface area contributed by atoms with Gasteiger partial charge in [0.25, 0.3) is 0 Å². The number of hydrogen-bond donors (Lipinski definition) is 0. The first-order chi connectivity index (χ1) is 16.1. The molecule has 3 heterocycles. The maximum Gasteiger partial charge on any atom is 3.00 e. The smallest absolute Gasteiger partial charge is 0.753 e. The minimum Gasteiger partial charge on any atom is -0.753 e. The van der Waals surface area contributed by atoms with Crippen molar-refractivity contribution >= 4 is 77.0 Å². The quantitative estimate of drug-likeness (QED) is 0.313.